The standard InChI is InChI=1S/C8H15NO6.3C6H12O6.C6H12O5/c1-3(11)9-5-7(13)6(12)4(2-10)15-8(5)14;3*7-1-3(9)5(11)6(12)4(10)2-8;1-3(8)5(10)6(11)4(9)2-7/h4-8,10,12-14H,2H2,1H3,(H,9,11);3*1,3-6,8-12H,2H2;2-6,8-11H,1H3/t4-,5-,6-,7-,8?;;;;/m1..../s1. The van der Waals surface area contributed by atoms with E-state index < -0.39 is 161 Å². The number of amides is 1. The quantitative estimate of drug-likeness (QED) is 0.0475. The molecule has 1 fully saturated rings. The predicted octanol–water partition coefficient (Wildman–Crippen LogP) is -15.6. The molecule has 1 saturated heterocycles. The molecular weight excluding hydrogens is 862 g/mol. The fourth-order valence-electron chi connectivity index (χ4n) is 3.91. The van der Waals surface area contributed by atoms with E-state index in [1.165, 1.54) is 13.8 Å². The number of hydrogen-bond acceptors (Lipinski definition) is 29. The Morgan fingerprint density at radius 1 is 0.500 bits per heavy atom. The number of carbonyl (C=O) groups excluding carboxylic acids is 5. The summed E-state index contributed by atoms with van der Waals surface area (Å²) in [6.07, 6.45) is -31.6. The largest absolute Gasteiger partial charge is 0.394 e. The van der Waals surface area contributed by atoms with Gasteiger partial charge >= 0.3 is 0 Å². The van der Waals surface area contributed by atoms with Crippen LogP contribution in [0, 0.1) is 0 Å². The highest BCUT2D eigenvalue weighted by Crippen LogP contribution is 2.19. The van der Waals surface area contributed by atoms with Gasteiger partial charge in [-0.3, -0.25) is 4.79 Å². The first kappa shape index (κ1) is 65.8. The molecule has 0 spiro atoms. The molecule has 21 atom stereocenters. The van der Waals surface area contributed by atoms with Gasteiger partial charge in [0.2, 0.25) is 5.91 Å². The van der Waals surface area contributed by atoms with E-state index in [4.69, 9.17) is 107 Å². The Labute approximate surface area is 351 Å². The van der Waals surface area contributed by atoms with Crippen LogP contribution in [0.15, 0.2) is 0 Å². The van der Waals surface area contributed by atoms with Crippen molar-refractivity contribution in [2.45, 2.75) is 142 Å². The molecule has 0 aromatic heterocycles. The maximum atomic E-state index is 10.7. The van der Waals surface area contributed by atoms with E-state index in [1.54, 1.807) is 0 Å². The lowest BCUT2D eigenvalue weighted by atomic mass is 9.97. The van der Waals surface area contributed by atoms with Gasteiger partial charge in [0.25, 0.3) is 0 Å². The van der Waals surface area contributed by atoms with Gasteiger partial charge in [0.15, 0.2) is 31.4 Å². The lowest BCUT2D eigenvalue weighted by molar-refractivity contribution is -0.253. The van der Waals surface area contributed by atoms with Crippen molar-refractivity contribution in [1.29, 1.82) is 0 Å². The molecule has 0 aromatic carbocycles. The van der Waals surface area contributed by atoms with Gasteiger partial charge in [0.1, 0.15) is 116 Å². The van der Waals surface area contributed by atoms with Gasteiger partial charge in [-0.05, 0) is 6.92 Å². The summed E-state index contributed by atoms with van der Waals surface area (Å²) in [4.78, 5) is 50.3. The Balaban J connectivity index is -0.000000341. The molecule has 370 valence electrons. The summed E-state index contributed by atoms with van der Waals surface area (Å²) < 4.78 is 4.81. The van der Waals surface area contributed by atoms with E-state index in [9.17, 15) is 39.3 Å². The molecule has 30 heteroatoms. The molecule has 0 bridgehead atoms. The summed E-state index contributed by atoms with van der Waals surface area (Å²) in [5.74, 6) is -0.462. The molecule has 24 N–H and O–H groups in total. The first-order chi connectivity index (χ1) is 28.6. The summed E-state index contributed by atoms with van der Waals surface area (Å²) in [6, 6.07) is -1.10. The number of hydrogen-bond donors (Lipinski definition) is 24. The summed E-state index contributed by atoms with van der Waals surface area (Å²) >= 11 is 0. The van der Waals surface area contributed by atoms with E-state index in [0.29, 0.717) is 0 Å². The van der Waals surface area contributed by atoms with Crippen LogP contribution >= 0.6 is 0 Å². The first-order valence-electron chi connectivity index (χ1n) is 17.7. The molecular formula is C32H63NO29. The predicted molar refractivity (Wildman–Crippen MR) is 195 cm³/mol. The zero-order valence-corrected chi connectivity index (χ0v) is 33.0. The Hall–Kier alpha value is -2.81. The second kappa shape index (κ2) is 35.5. The van der Waals surface area contributed by atoms with Crippen LogP contribution in [0.4, 0.5) is 0 Å². The molecule has 1 rings (SSSR count). The van der Waals surface area contributed by atoms with Gasteiger partial charge in [-0.2, -0.15) is 0 Å². The number of ether oxygens (including phenoxy) is 1. The van der Waals surface area contributed by atoms with Crippen LogP contribution < -0.4 is 5.32 Å². The number of carbonyl (C=O) groups is 5. The highest BCUT2D eigenvalue weighted by atomic mass is 16.6. The van der Waals surface area contributed by atoms with Gasteiger partial charge in [-0.1, -0.05) is 0 Å². The lowest BCUT2D eigenvalue weighted by Crippen LogP contribution is -2.63. The average molecular weight is 926 g/mol. The third kappa shape index (κ3) is 24.9. The Bertz CT molecular complexity index is 1100. The van der Waals surface area contributed by atoms with Crippen LogP contribution in [0.2, 0.25) is 0 Å². The SMILES string of the molecule is CC(=O)N[C@H]1C(O)O[C@H](CO)[C@@H](O)[C@@H]1O.CC(O)C(O)C(O)C(O)C=O.O=CC(O)C(O)C(O)C(O)CO.O=CC(O)C(O)C(O)C(O)CO.O=CC(O)C(O)C(O)C(O)CO. The second-order valence-electron chi connectivity index (χ2n) is 12.9. The molecule has 1 aliphatic rings. The van der Waals surface area contributed by atoms with Crippen molar-refractivity contribution in [2.24, 2.45) is 0 Å². The van der Waals surface area contributed by atoms with E-state index in [-0.39, 0.29) is 25.1 Å². The second-order valence-corrected chi connectivity index (χ2v) is 12.9. The van der Waals surface area contributed by atoms with Gasteiger partial charge in [0.05, 0.1) is 32.5 Å². The third-order valence-electron chi connectivity index (χ3n) is 7.87. The van der Waals surface area contributed by atoms with Crippen LogP contribution in [-0.4, -0.2) is 303 Å². The van der Waals surface area contributed by atoms with Crippen molar-refractivity contribution >= 4 is 31.1 Å². The number of rotatable bonds is 21. The van der Waals surface area contributed by atoms with Crippen LogP contribution in [0.5, 0.6) is 0 Å². The van der Waals surface area contributed by atoms with Crippen LogP contribution in [-0.2, 0) is 28.7 Å². The minimum Gasteiger partial charge on any atom is -0.394 e. The zero-order valence-electron chi connectivity index (χ0n) is 33.0. The Morgan fingerprint density at radius 3 is 0.984 bits per heavy atom. The van der Waals surface area contributed by atoms with Crippen molar-refractivity contribution in [3.8, 4) is 0 Å². The summed E-state index contributed by atoms with van der Waals surface area (Å²) in [7, 11) is 0. The van der Waals surface area contributed by atoms with Gasteiger partial charge < -0.3 is 147 Å². The van der Waals surface area contributed by atoms with E-state index in [1.807, 2.05) is 0 Å². The molecule has 1 amide bonds. The Kier molecular flexibility index (Phi) is 37.7. The summed E-state index contributed by atoms with van der Waals surface area (Å²) in [5, 5.41) is 205. The van der Waals surface area contributed by atoms with Crippen molar-refractivity contribution in [2.75, 3.05) is 26.4 Å². The van der Waals surface area contributed by atoms with Crippen molar-refractivity contribution in [1.82, 2.24) is 5.32 Å². The number of aliphatic hydroxyl groups excluding tert-OH is 23. The normalized spacial score (nSPS) is 26.1. The highest BCUT2D eigenvalue weighted by molar-refractivity contribution is 5.73. The average Bonchev–Trinajstić information content (AvgIpc) is 3.27. The topological polar surface area (TPSA) is 572 Å². The number of aliphatic hydroxyl groups is 23. The molecule has 30 nitrogen and oxygen atoms in total. The van der Waals surface area contributed by atoms with Crippen molar-refractivity contribution in [3.05, 3.63) is 0 Å². The van der Waals surface area contributed by atoms with E-state index in [0.717, 1.165) is 0 Å². The number of aldehydes is 4. The smallest absolute Gasteiger partial charge is 0.217 e. The molecule has 0 aliphatic carbocycles. The minimum absolute atomic E-state index is 0.0258. The summed E-state index contributed by atoms with van der Waals surface area (Å²) in [6.45, 7) is -0.352. The van der Waals surface area contributed by atoms with Gasteiger partial charge in [-0.25, -0.2) is 0 Å². The van der Waals surface area contributed by atoms with E-state index >= 15 is 0 Å². The molecule has 17 unspecified atom stereocenters. The Morgan fingerprint density at radius 2 is 0.774 bits per heavy atom. The van der Waals surface area contributed by atoms with Gasteiger partial charge in [0, 0.05) is 6.92 Å². The molecule has 62 heavy (non-hydrogen) atoms. The maximum absolute atomic E-state index is 10.7. The van der Waals surface area contributed by atoms with Crippen LogP contribution in [0.25, 0.3) is 0 Å². The fourth-order valence-corrected chi connectivity index (χ4v) is 3.91. The molecule has 0 saturated carbocycles. The van der Waals surface area contributed by atoms with Gasteiger partial charge in [-0.15, -0.1) is 0 Å². The molecule has 0 radical (unpaired) electrons. The molecule has 0 aromatic rings. The maximum Gasteiger partial charge on any atom is 0.217 e. The van der Waals surface area contributed by atoms with Crippen LogP contribution in [0.3, 0.4) is 0 Å². The number of nitrogens with one attached hydrogen (secondary N) is 1. The molecule has 1 heterocycles. The summed E-state index contributed by atoms with van der Waals surface area (Å²) in [5.41, 5.74) is 0. The molecule has 1 aliphatic heterocycles. The highest BCUT2D eigenvalue weighted by Gasteiger charge is 2.44. The lowest BCUT2D eigenvalue weighted by Gasteiger charge is -2.40. The third-order valence-corrected chi connectivity index (χ3v) is 7.87. The van der Waals surface area contributed by atoms with Crippen molar-refractivity contribution in [3.63, 3.8) is 0 Å². The first-order valence-corrected chi connectivity index (χ1v) is 17.7. The minimum atomic E-state index is -1.79. The van der Waals surface area contributed by atoms with Crippen molar-refractivity contribution < 1.29 is 146 Å². The van der Waals surface area contributed by atoms with E-state index in [2.05, 4.69) is 5.32 Å². The zero-order chi connectivity index (χ0) is 49.8. The fraction of sp³-hybridized carbons (Fsp3) is 0.844. The van der Waals surface area contributed by atoms with Crippen LogP contribution in [0.1, 0.15) is 13.8 Å². The monoisotopic (exact) mass is 925 g/mol.